The van der Waals surface area contributed by atoms with E-state index in [4.69, 9.17) is 4.74 Å². The van der Waals surface area contributed by atoms with E-state index in [1.54, 1.807) is 0 Å². The van der Waals surface area contributed by atoms with Gasteiger partial charge in [0.15, 0.2) is 17.3 Å². The summed E-state index contributed by atoms with van der Waals surface area (Å²) < 4.78 is 5.23. The molecule has 0 amide bonds. The van der Waals surface area contributed by atoms with E-state index < -0.39 is 33.9 Å². The number of carbonyl (C=O) groups is 3. The number of hydrogen-bond donors (Lipinski definition) is 3. The molecule has 1 aromatic carbocycles. The van der Waals surface area contributed by atoms with Crippen LogP contribution in [0.1, 0.15) is 112 Å². The summed E-state index contributed by atoms with van der Waals surface area (Å²) in [5.41, 5.74) is -1.22. The maximum Gasteiger partial charge on any atom is 0.340 e. The Morgan fingerprint density at radius 2 is 1.51 bits per heavy atom. The maximum atomic E-state index is 13.7. The van der Waals surface area contributed by atoms with Crippen molar-refractivity contribution >= 4 is 17.7 Å². The van der Waals surface area contributed by atoms with Gasteiger partial charge in [0.25, 0.3) is 0 Å². The minimum atomic E-state index is -1.41. The number of carbonyl (C=O) groups excluding carboxylic acids is 2. The van der Waals surface area contributed by atoms with Crippen molar-refractivity contribution in [1.82, 2.24) is 0 Å². The average Bonchev–Trinajstić information content (AvgIpc) is 2.84. The number of methoxy groups -OCH3 is 1. The van der Waals surface area contributed by atoms with Crippen molar-refractivity contribution in [1.29, 1.82) is 0 Å². The van der Waals surface area contributed by atoms with Crippen molar-refractivity contribution in [2.24, 2.45) is 33.5 Å². The second-order valence-corrected chi connectivity index (χ2v) is 13.7. The molecule has 0 aromatic heterocycles. The third kappa shape index (κ3) is 3.15. The summed E-state index contributed by atoms with van der Waals surface area (Å²) in [5, 5.41) is 30.7. The van der Waals surface area contributed by atoms with Gasteiger partial charge in [0.1, 0.15) is 5.56 Å². The van der Waals surface area contributed by atoms with Crippen LogP contribution in [0.5, 0.6) is 11.5 Å². The average molecular weight is 513 g/mol. The molecule has 7 unspecified atom stereocenters. The van der Waals surface area contributed by atoms with Crippen LogP contribution in [-0.4, -0.2) is 40.2 Å². The summed E-state index contributed by atoms with van der Waals surface area (Å²) in [6.07, 6.45) is 6.30. The van der Waals surface area contributed by atoms with Crippen LogP contribution in [0.3, 0.4) is 0 Å². The van der Waals surface area contributed by atoms with Crippen LogP contribution in [0.25, 0.3) is 0 Å². The minimum Gasteiger partial charge on any atom is -0.504 e. The molecule has 37 heavy (non-hydrogen) atoms. The van der Waals surface area contributed by atoms with E-state index in [1.165, 1.54) is 13.2 Å². The van der Waals surface area contributed by atoms with Crippen LogP contribution < -0.4 is 0 Å². The highest BCUT2D eigenvalue weighted by Crippen LogP contribution is 2.75. The third-order valence-corrected chi connectivity index (χ3v) is 12.2. The Bertz CT molecular complexity index is 1220. The van der Waals surface area contributed by atoms with Gasteiger partial charge in [0.2, 0.25) is 0 Å². The number of esters is 1. The first kappa shape index (κ1) is 26.1. The maximum absolute atomic E-state index is 13.7. The highest BCUT2D eigenvalue weighted by molar-refractivity contribution is 6.10. The zero-order chi connectivity index (χ0) is 27.3. The number of ether oxygens (including phenoxy) is 1. The van der Waals surface area contributed by atoms with Gasteiger partial charge in [-0.2, -0.15) is 0 Å². The number of rotatable bonds is 2. The molecule has 1 aromatic rings. The lowest BCUT2D eigenvalue weighted by atomic mass is 9.32. The third-order valence-electron chi connectivity index (χ3n) is 12.2. The summed E-state index contributed by atoms with van der Waals surface area (Å²) >= 11 is 0. The van der Waals surface area contributed by atoms with Crippen LogP contribution in [0, 0.1) is 33.5 Å². The number of carboxylic acid groups (broad SMARTS) is 1. The molecule has 0 radical (unpaired) electrons. The predicted octanol–water partition coefficient (Wildman–Crippen LogP) is 5.84. The standard InChI is InChI=1S/C30H40O7/c1-26-7-8-27(2,25(36)37-6)15-20(26)30(5)12-10-28(3)16-13-18(32)23(33)22(24(34)35)21(16)17(31)14-19(28)29(30,4)11-9-26/h13,19-20,32-33H,7-12,14-15H2,1-6H3,(H,34,35). The fourth-order valence-corrected chi connectivity index (χ4v) is 9.58. The van der Waals surface area contributed by atoms with Crippen molar-refractivity contribution in [3.8, 4) is 11.5 Å². The quantitative estimate of drug-likeness (QED) is 0.336. The largest absolute Gasteiger partial charge is 0.504 e. The normalized spacial score (nSPS) is 42.6. The number of aromatic hydroxyl groups is 2. The van der Waals surface area contributed by atoms with Gasteiger partial charge in [0, 0.05) is 12.0 Å². The van der Waals surface area contributed by atoms with Gasteiger partial charge >= 0.3 is 11.9 Å². The molecule has 0 spiro atoms. The van der Waals surface area contributed by atoms with Crippen LogP contribution in [0.2, 0.25) is 0 Å². The summed E-state index contributed by atoms with van der Waals surface area (Å²) in [5.74, 6) is -2.87. The highest BCUT2D eigenvalue weighted by atomic mass is 16.5. The lowest BCUT2D eigenvalue weighted by Gasteiger charge is -2.71. The van der Waals surface area contributed by atoms with E-state index in [9.17, 15) is 29.7 Å². The molecule has 0 saturated heterocycles. The molecule has 3 saturated carbocycles. The molecule has 7 nitrogen and oxygen atoms in total. The number of Topliss-reactive ketones (excluding diaryl/α,β-unsaturated/α-hetero) is 1. The molecule has 5 rings (SSSR count). The number of benzene rings is 1. The molecule has 202 valence electrons. The van der Waals surface area contributed by atoms with Gasteiger partial charge in [-0.05, 0) is 97.0 Å². The molecular weight excluding hydrogens is 472 g/mol. The Morgan fingerprint density at radius 3 is 2.14 bits per heavy atom. The number of aromatic carboxylic acids is 1. The number of ketones is 1. The van der Waals surface area contributed by atoms with Crippen LogP contribution in [0.15, 0.2) is 6.07 Å². The molecule has 3 fully saturated rings. The fourth-order valence-electron chi connectivity index (χ4n) is 9.58. The van der Waals surface area contributed by atoms with E-state index in [-0.39, 0.29) is 51.8 Å². The molecule has 4 aliphatic rings. The number of carboxylic acids is 1. The number of fused-ring (bicyclic) bond motifs is 7. The van der Waals surface area contributed by atoms with Gasteiger partial charge < -0.3 is 20.1 Å². The zero-order valence-corrected chi connectivity index (χ0v) is 22.9. The Morgan fingerprint density at radius 1 is 0.919 bits per heavy atom. The summed E-state index contributed by atoms with van der Waals surface area (Å²) in [6, 6.07) is 1.43. The van der Waals surface area contributed by atoms with E-state index in [0.717, 1.165) is 44.9 Å². The Balaban J connectivity index is 1.64. The zero-order valence-electron chi connectivity index (χ0n) is 22.9. The van der Waals surface area contributed by atoms with E-state index in [1.807, 2.05) is 6.92 Å². The molecule has 7 heteroatoms. The fraction of sp³-hybridized carbons (Fsp3) is 0.700. The van der Waals surface area contributed by atoms with E-state index >= 15 is 0 Å². The van der Waals surface area contributed by atoms with Crippen molar-refractivity contribution in [3.63, 3.8) is 0 Å². The molecular formula is C30H40O7. The number of hydrogen-bond acceptors (Lipinski definition) is 6. The monoisotopic (exact) mass is 512 g/mol. The lowest BCUT2D eigenvalue weighted by Crippen LogP contribution is -2.66. The smallest absolute Gasteiger partial charge is 0.340 e. The molecule has 0 bridgehead atoms. The van der Waals surface area contributed by atoms with E-state index in [2.05, 4.69) is 27.7 Å². The van der Waals surface area contributed by atoms with Gasteiger partial charge in [-0.15, -0.1) is 0 Å². The topological polar surface area (TPSA) is 121 Å². The highest BCUT2D eigenvalue weighted by Gasteiger charge is 2.69. The van der Waals surface area contributed by atoms with Gasteiger partial charge in [0.05, 0.1) is 12.5 Å². The lowest BCUT2D eigenvalue weighted by molar-refractivity contribution is -0.212. The van der Waals surface area contributed by atoms with Gasteiger partial charge in [-0.3, -0.25) is 9.59 Å². The second-order valence-electron chi connectivity index (χ2n) is 13.7. The molecule has 4 aliphatic carbocycles. The minimum absolute atomic E-state index is 0.0466. The van der Waals surface area contributed by atoms with Crippen LogP contribution in [-0.2, 0) is 14.9 Å². The van der Waals surface area contributed by atoms with Gasteiger partial charge in [-0.1, -0.05) is 27.7 Å². The Kier molecular flexibility index (Phi) is 5.44. The Hall–Kier alpha value is -2.57. The SMILES string of the molecule is COC(=O)C1(C)CCC2(C)CCC3(C)C4CC(=O)c5c(cc(O)c(O)c5C(=O)O)C4(C)CCC3(C)C2C1. The second kappa shape index (κ2) is 7.73. The van der Waals surface area contributed by atoms with Crippen molar-refractivity contribution in [2.45, 2.75) is 91.4 Å². The summed E-state index contributed by atoms with van der Waals surface area (Å²) in [6.45, 7) is 11.2. The summed E-state index contributed by atoms with van der Waals surface area (Å²) in [4.78, 5) is 38.6. The van der Waals surface area contributed by atoms with Gasteiger partial charge in [-0.25, -0.2) is 4.79 Å². The first-order valence-electron chi connectivity index (χ1n) is 13.5. The first-order valence-corrected chi connectivity index (χ1v) is 13.5. The Labute approximate surface area is 218 Å². The predicted molar refractivity (Wildman–Crippen MR) is 137 cm³/mol. The van der Waals surface area contributed by atoms with Crippen LogP contribution in [0.4, 0.5) is 0 Å². The van der Waals surface area contributed by atoms with Crippen molar-refractivity contribution < 1.29 is 34.4 Å². The molecule has 3 N–H and O–H groups in total. The summed E-state index contributed by atoms with van der Waals surface area (Å²) in [7, 11) is 1.46. The molecule has 0 aliphatic heterocycles. The molecule has 0 heterocycles. The van der Waals surface area contributed by atoms with E-state index in [0.29, 0.717) is 5.56 Å². The number of phenolic OH excluding ortho intramolecular Hbond substituents is 1. The van der Waals surface area contributed by atoms with Crippen LogP contribution >= 0.6 is 0 Å². The van der Waals surface area contributed by atoms with Crippen molar-refractivity contribution in [2.75, 3.05) is 7.11 Å². The number of phenols is 2. The molecule has 7 atom stereocenters. The van der Waals surface area contributed by atoms with Crippen molar-refractivity contribution in [3.05, 3.63) is 22.8 Å². The first-order chi connectivity index (χ1) is 17.1.